The van der Waals surface area contributed by atoms with E-state index in [2.05, 4.69) is 55.3 Å². The second kappa shape index (κ2) is 6.35. The van der Waals surface area contributed by atoms with Crippen LogP contribution in [0, 0.1) is 0 Å². The maximum absolute atomic E-state index is 3.48. The van der Waals surface area contributed by atoms with Crippen LogP contribution in [0.2, 0.25) is 0 Å². The first-order chi connectivity index (χ1) is 8.69. The van der Waals surface area contributed by atoms with Crippen LogP contribution in [-0.2, 0) is 13.1 Å². The molecule has 1 fully saturated rings. The Balaban J connectivity index is 1.93. The fourth-order valence-electron chi connectivity index (χ4n) is 2.33. The summed E-state index contributed by atoms with van der Waals surface area (Å²) in [6.07, 6.45) is 2.78. The molecule has 1 N–H and O–H groups in total. The Morgan fingerprint density at radius 3 is 2.61 bits per heavy atom. The Bertz CT molecular complexity index is 369. The summed E-state index contributed by atoms with van der Waals surface area (Å²) in [5.41, 5.74) is 2.85. The summed E-state index contributed by atoms with van der Waals surface area (Å²) in [5, 5.41) is 3.48. The number of rotatable bonds is 7. The molecular weight excluding hydrogens is 220 g/mol. The maximum atomic E-state index is 3.48. The molecular formula is C16H26N2. The fraction of sp³-hybridized carbons (Fsp3) is 0.625. The largest absolute Gasteiger partial charge is 0.310 e. The summed E-state index contributed by atoms with van der Waals surface area (Å²) in [4.78, 5) is 2.59. The fourth-order valence-corrected chi connectivity index (χ4v) is 2.33. The third-order valence-electron chi connectivity index (χ3n) is 3.56. The minimum atomic E-state index is 0.548. The van der Waals surface area contributed by atoms with Gasteiger partial charge in [-0.2, -0.15) is 0 Å². The number of hydrogen-bond acceptors (Lipinski definition) is 2. The van der Waals surface area contributed by atoms with Crippen molar-refractivity contribution in [2.45, 2.75) is 58.8 Å². The van der Waals surface area contributed by atoms with E-state index in [1.54, 1.807) is 0 Å². The zero-order chi connectivity index (χ0) is 13.0. The molecule has 1 aliphatic rings. The zero-order valence-electron chi connectivity index (χ0n) is 11.9. The molecule has 1 saturated carbocycles. The molecule has 18 heavy (non-hydrogen) atoms. The highest BCUT2D eigenvalue weighted by Gasteiger charge is 2.27. The van der Waals surface area contributed by atoms with Crippen molar-refractivity contribution in [1.29, 1.82) is 0 Å². The topological polar surface area (TPSA) is 15.3 Å². The molecule has 1 aromatic carbocycles. The lowest BCUT2D eigenvalue weighted by Gasteiger charge is -2.20. The van der Waals surface area contributed by atoms with Crippen LogP contribution in [0.3, 0.4) is 0 Å². The molecule has 100 valence electrons. The van der Waals surface area contributed by atoms with Gasteiger partial charge in [-0.1, -0.05) is 45.0 Å². The van der Waals surface area contributed by atoms with Gasteiger partial charge in [0.1, 0.15) is 0 Å². The average molecular weight is 246 g/mol. The summed E-state index contributed by atoms with van der Waals surface area (Å²) in [5.74, 6) is 0. The molecule has 0 aliphatic heterocycles. The van der Waals surface area contributed by atoms with Gasteiger partial charge in [0.2, 0.25) is 0 Å². The smallest absolute Gasteiger partial charge is 0.0236 e. The van der Waals surface area contributed by atoms with Crippen molar-refractivity contribution >= 4 is 0 Å². The van der Waals surface area contributed by atoms with Gasteiger partial charge >= 0.3 is 0 Å². The standard InChI is InChI=1S/C16H26N2/c1-4-18(16-8-9-16)12-15-7-5-6-14(10-15)11-17-13(2)3/h5-7,10,13,16-17H,4,8-9,11-12H2,1-3H3. The van der Waals surface area contributed by atoms with Gasteiger partial charge in [-0.15, -0.1) is 0 Å². The normalized spacial score (nSPS) is 15.6. The molecule has 0 saturated heterocycles. The van der Waals surface area contributed by atoms with E-state index in [0.717, 1.165) is 19.1 Å². The van der Waals surface area contributed by atoms with Gasteiger partial charge in [0.15, 0.2) is 0 Å². The van der Waals surface area contributed by atoms with Crippen molar-refractivity contribution in [2.24, 2.45) is 0 Å². The highest BCUT2D eigenvalue weighted by atomic mass is 15.2. The van der Waals surface area contributed by atoms with E-state index in [1.807, 2.05) is 0 Å². The van der Waals surface area contributed by atoms with Crippen LogP contribution in [0.4, 0.5) is 0 Å². The molecule has 2 heteroatoms. The highest BCUT2D eigenvalue weighted by Crippen LogP contribution is 2.27. The van der Waals surface area contributed by atoms with E-state index in [0.29, 0.717) is 6.04 Å². The molecule has 0 amide bonds. The van der Waals surface area contributed by atoms with Gasteiger partial charge in [-0.05, 0) is 30.5 Å². The van der Waals surface area contributed by atoms with Crippen LogP contribution in [0.5, 0.6) is 0 Å². The monoisotopic (exact) mass is 246 g/mol. The van der Waals surface area contributed by atoms with Gasteiger partial charge in [-0.3, -0.25) is 4.90 Å². The maximum Gasteiger partial charge on any atom is 0.0236 e. The number of nitrogens with one attached hydrogen (secondary N) is 1. The number of benzene rings is 1. The van der Waals surface area contributed by atoms with E-state index < -0.39 is 0 Å². The van der Waals surface area contributed by atoms with Crippen LogP contribution in [0.15, 0.2) is 24.3 Å². The predicted octanol–water partition coefficient (Wildman–Crippen LogP) is 3.17. The lowest BCUT2D eigenvalue weighted by Crippen LogP contribution is -2.25. The minimum Gasteiger partial charge on any atom is -0.310 e. The van der Waals surface area contributed by atoms with Gasteiger partial charge in [0.25, 0.3) is 0 Å². The molecule has 0 radical (unpaired) electrons. The zero-order valence-corrected chi connectivity index (χ0v) is 11.9. The molecule has 1 aromatic rings. The lowest BCUT2D eigenvalue weighted by atomic mass is 10.1. The van der Waals surface area contributed by atoms with E-state index in [9.17, 15) is 0 Å². The molecule has 2 nitrogen and oxygen atoms in total. The van der Waals surface area contributed by atoms with Gasteiger partial charge in [0, 0.05) is 25.2 Å². The average Bonchev–Trinajstić information content (AvgIpc) is 3.18. The quantitative estimate of drug-likeness (QED) is 0.795. The van der Waals surface area contributed by atoms with E-state index in [1.165, 1.54) is 30.5 Å². The van der Waals surface area contributed by atoms with E-state index in [4.69, 9.17) is 0 Å². The molecule has 1 aliphatic carbocycles. The van der Waals surface area contributed by atoms with Gasteiger partial charge in [-0.25, -0.2) is 0 Å². The molecule has 0 heterocycles. The first kappa shape index (κ1) is 13.6. The molecule has 0 unspecified atom stereocenters. The molecule has 0 spiro atoms. The predicted molar refractivity (Wildman–Crippen MR) is 77.5 cm³/mol. The van der Waals surface area contributed by atoms with Crippen molar-refractivity contribution in [3.8, 4) is 0 Å². The van der Waals surface area contributed by atoms with E-state index >= 15 is 0 Å². The lowest BCUT2D eigenvalue weighted by molar-refractivity contribution is 0.269. The van der Waals surface area contributed by atoms with Crippen LogP contribution in [0.1, 0.15) is 44.7 Å². The number of nitrogens with zero attached hydrogens (tertiary/aromatic N) is 1. The van der Waals surface area contributed by atoms with Gasteiger partial charge in [0.05, 0.1) is 0 Å². The van der Waals surface area contributed by atoms with Crippen molar-refractivity contribution in [3.05, 3.63) is 35.4 Å². The van der Waals surface area contributed by atoms with Crippen LogP contribution in [-0.4, -0.2) is 23.5 Å². The third-order valence-corrected chi connectivity index (χ3v) is 3.56. The Hall–Kier alpha value is -0.860. The first-order valence-electron chi connectivity index (χ1n) is 7.24. The third kappa shape index (κ3) is 4.11. The van der Waals surface area contributed by atoms with Crippen LogP contribution in [0.25, 0.3) is 0 Å². The Labute approximate surface area is 111 Å². The van der Waals surface area contributed by atoms with Crippen molar-refractivity contribution in [2.75, 3.05) is 6.54 Å². The highest BCUT2D eigenvalue weighted by molar-refractivity contribution is 5.23. The van der Waals surface area contributed by atoms with Gasteiger partial charge < -0.3 is 5.32 Å². The van der Waals surface area contributed by atoms with E-state index in [-0.39, 0.29) is 0 Å². The van der Waals surface area contributed by atoms with Crippen molar-refractivity contribution < 1.29 is 0 Å². The molecule has 2 rings (SSSR count). The number of hydrogen-bond donors (Lipinski definition) is 1. The SMILES string of the molecule is CCN(Cc1cccc(CNC(C)C)c1)C1CC1. The van der Waals surface area contributed by atoms with Crippen molar-refractivity contribution in [1.82, 2.24) is 10.2 Å². The summed E-state index contributed by atoms with van der Waals surface area (Å²) < 4.78 is 0. The molecule has 0 atom stereocenters. The Kier molecular flexibility index (Phi) is 4.79. The minimum absolute atomic E-state index is 0.548. The van der Waals surface area contributed by atoms with Crippen molar-refractivity contribution in [3.63, 3.8) is 0 Å². The molecule has 0 bridgehead atoms. The second-order valence-corrected chi connectivity index (χ2v) is 5.65. The Morgan fingerprint density at radius 2 is 2.00 bits per heavy atom. The van der Waals surface area contributed by atoms with Crippen LogP contribution >= 0.6 is 0 Å². The molecule has 0 aromatic heterocycles. The summed E-state index contributed by atoms with van der Waals surface area (Å²) in [6.45, 7) is 9.89. The summed E-state index contributed by atoms with van der Waals surface area (Å²) in [7, 11) is 0. The van der Waals surface area contributed by atoms with Crippen LogP contribution < -0.4 is 5.32 Å². The first-order valence-corrected chi connectivity index (χ1v) is 7.24. The summed E-state index contributed by atoms with van der Waals surface area (Å²) >= 11 is 0. The Morgan fingerprint density at radius 1 is 1.28 bits per heavy atom. The second-order valence-electron chi connectivity index (χ2n) is 5.65. The summed E-state index contributed by atoms with van der Waals surface area (Å²) in [6, 6.07) is 10.4.